The Kier molecular flexibility index (Phi) is 5.76. The quantitative estimate of drug-likeness (QED) is 0.845. The fourth-order valence-electron chi connectivity index (χ4n) is 1.68. The molecule has 0 spiro atoms. The Labute approximate surface area is 115 Å². The number of halogens is 2. The first kappa shape index (κ1) is 15.4. The maximum Gasteiger partial charge on any atom is 0.308 e. The van der Waals surface area contributed by atoms with Gasteiger partial charge < -0.3 is 10.4 Å². The standard InChI is InChI=1S/C13H15ClFNO3/c1-2-4-8(13(18)19)7-16-12(17)11-9(14)5-3-6-10(11)15/h3,5-6,8H,2,4,7H2,1H3,(H,16,17)(H,18,19). The van der Waals surface area contributed by atoms with Crippen molar-refractivity contribution in [2.45, 2.75) is 19.8 Å². The second-order valence-electron chi connectivity index (χ2n) is 4.13. The summed E-state index contributed by atoms with van der Waals surface area (Å²) in [5.74, 6) is -3.10. The molecule has 0 aliphatic rings. The van der Waals surface area contributed by atoms with Crippen molar-refractivity contribution >= 4 is 23.5 Å². The topological polar surface area (TPSA) is 66.4 Å². The van der Waals surface area contributed by atoms with E-state index in [1.54, 1.807) is 0 Å². The Morgan fingerprint density at radius 2 is 2.16 bits per heavy atom. The summed E-state index contributed by atoms with van der Waals surface area (Å²) in [5.41, 5.74) is -0.259. The highest BCUT2D eigenvalue weighted by atomic mass is 35.5. The van der Waals surface area contributed by atoms with E-state index in [-0.39, 0.29) is 17.1 Å². The summed E-state index contributed by atoms with van der Waals surface area (Å²) in [6, 6.07) is 3.92. The highest BCUT2D eigenvalue weighted by molar-refractivity contribution is 6.33. The number of benzene rings is 1. The maximum atomic E-state index is 13.5. The van der Waals surface area contributed by atoms with Gasteiger partial charge in [-0.05, 0) is 18.6 Å². The highest BCUT2D eigenvalue weighted by Gasteiger charge is 2.20. The first-order valence-corrected chi connectivity index (χ1v) is 6.30. The van der Waals surface area contributed by atoms with Gasteiger partial charge in [-0.2, -0.15) is 0 Å². The van der Waals surface area contributed by atoms with Crippen molar-refractivity contribution in [3.8, 4) is 0 Å². The lowest BCUT2D eigenvalue weighted by Crippen LogP contribution is -2.33. The fraction of sp³-hybridized carbons (Fsp3) is 0.385. The van der Waals surface area contributed by atoms with E-state index >= 15 is 0 Å². The van der Waals surface area contributed by atoms with E-state index in [0.29, 0.717) is 12.8 Å². The minimum absolute atomic E-state index is 0.000124. The molecule has 104 valence electrons. The van der Waals surface area contributed by atoms with Crippen molar-refractivity contribution in [1.29, 1.82) is 0 Å². The number of hydrogen-bond acceptors (Lipinski definition) is 2. The molecule has 1 aromatic rings. The van der Waals surface area contributed by atoms with Crippen molar-refractivity contribution in [1.82, 2.24) is 5.32 Å². The number of carboxylic acid groups (broad SMARTS) is 1. The Balaban J connectivity index is 2.72. The van der Waals surface area contributed by atoms with E-state index in [1.807, 2.05) is 6.92 Å². The zero-order valence-corrected chi connectivity index (χ0v) is 11.2. The summed E-state index contributed by atoms with van der Waals surface area (Å²) in [6.45, 7) is 1.80. The molecule has 0 aromatic heterocycles. The first-order chi connectivity index (χ1) is 8.97. The van der Waals surface area contributed by atoms with E-state index < -0.39 is 23.6 Å². The van der Waals surface area contributed by atoms with Crippen LogP contribution in [0.1, 0.15) is 30.1 Å². The van der Waals surface area contributed by atoms with Crippen molar-refractivity contribution in [3.63, 3.8) is 0 Å². The number of rotatable bonds is 6. The molecule has 0 bridgehead atoms. The van der Waals surface area contributed by atoms with Crippen molar-refractivity contribution in [2.24, 2.45) is 5.92 Å². The maximum absolute atomic E-state index is 13.5. The minimum atomic E-state index is -0.984. The average molecular weight is 288 g/mol. The molecule has 0 saturated carbocycles. The van der Waals surface area contributed by atoms with E-state index in [4.69, 9.17) is 16.7 Å². The van der Waals surface area contributed by atoms with Gasteiger partial charge in [0.25, 0.3) is 5.91 Å². The Morgan fingerprint density at radius 3 is 2.68 bits per heavy atom. The third-order valence-corrected chi connectivity index (χ3v) is 3.00. The van der Waals surface area contributed by atoms with Gasteiger partial charge in [-0.25, -0.2) is 4.39 Å². The van der Waals surface area contributed by atoms with E-state index in [2.05, 4.69) is 5.32 Å². The molecule has 0 fully saturated rings. The zero-order valence-electron chi connectivity index (χ0n) is 10.5. The monoisotopic (exact) mass is 287 g/mol. The molecule has 1 aromatic carbocycles. The lowest BCUT2D eigenvalue weighted by Gasteiger charge is -2.13. The molecule has 1 rings (SSSR count). The van der Waals surface area contributed by atoms with E-state index in [0.717, 1.165) is 6.07 Å². The lowest BCUT2D eigenvalue weighted by atomic mass is 10.0. The normalized spacial score (nSPS) is 11.9. The molecule has 6 heteroatoms. The van der Waals surface area contributed by atoms with E-state index in [1.165, 1.54) is 12.1 Å². The third kappa shape index (κ3) is 4.21. The third-order valence-electron chi connectivity index (χ3n) is 2.69. The van der Waals surface area contributed by atoms with Gasteiger partial charge in [0.2, 0.25) is 0 Å². The van der Waals surface area contributed by atoms with Gasteiger partial charge in [-0.15, -0.1) is 0 Å². The molecule has 0 heterocycles. The summed E-state index contributed by atoms with van der Waals surface area (Å²) >= 11 is 5.75. The number of amides is 1. The number of carboxylic acids is 1. The van der Waals surface area contributed by atoms with Crippen molar-refractivity contribution < 1.29 is 19.1 Å². The predicted octanol–water partition coefficient (Wildman–Crippen LogP) is 2.71. The molecular weight excluding hydrogens is 273 g/mol. The summed E-state index contributed by atoms with van der Waals surface area (Å²) < 4.78 is 13.5. The van der Waals surface area contributed by atoms with Crippen molar-refractivity contribution in [2.75, 3.05) is 6.54 Å². The Hall–Kier alpha value is -1.62. The highest BCUT2D eigenvalue weighted by Crippen LogP contribution is 2.18. The van der Waals surface area contributed by atoms with Gasteiger partial charge in [-0.3, -0.25) is 9.59 Å². The summed E-state index contributed by atoms with van der Waals surface area (Å²) in [5, 5.41) is 11.3. The Morgan fingerprint density at radius 1 is 1.47 bits per heavy atom. The van der Waals surface area contributed by atoms with Gasteiger partial charge in [0.15, 0.2) is 0 Å². The van der Waals surface area contributed by atoms with Gasteiger partial charge >= 0.3 is 5.97 Å². The average Bonchev–Trinajstić information content (AvgIpc) is 2.33. The number of aliphatic carboxylic acids is 1. The molecule has 0 aliphatic carbocycles. The van der Waals surface area contributed by atoms with Crippen LogP contribution in [-0.4, -0.2) is 23.5 Å². The van der Waals surface area contributed by atoms with Gasteiger partial charge in [0.1, 0.15) is 5.82 Å². The Bertz CT molecular complexity index is 459. The van der Waals surface area contributed by atoms with Crippen LogP contribution in [0.5, 0.6) is 0 Å². The van der Waals surface area contributed by atoms with Crippen molar-refractivity contribution in [3.05, 3.63) is 34.6 Å². The van der Waals surface area contributed by atoms with Crippen LogP contribution in [0.2, 0.25) is 5.02 Å². The number of carbonyl (C=O) groups is 2. The van der Waals surface area contributed by atoms with Crippen LogP contribution in [0.25, 0.3) is 0 Å². The molecule has 1 amide bonds. The SMILES string of the molecule is CCCC(CNC(=O)c1c(F)cccc1Cl)C(=O)O. The van der Waals surface area contributed by atoms with Gasteiger partial charge in [0, 0.05) is 6.54 Å². The molecule has 4 nitrogen and oxygen atoms in total. The van der Waals surface area contributed by atoms with Gasteiger partial charge in [-0.1, -0.05) is 31.0 Å². The van der Waals surface area contributed by atoms with Crippen LogP contribution in [0.3, 0.4) is 0 Å². The molecule has 19 heavy (non-hydrogen) atoms. The molecular formula is C13H15ClFNO3. The van der Waals surface area contributed by atoms with E-state index in [9.17, 15) is 14.0 Å². The lowest BCUT2D eigenvalue weighted by molar-refractivity contribution is -0.141. The fourth-order valence-corrected chi connectivity index (χ4v) is 1.93. The van der Waals surface area contributed by atoms with Crippen LogP contribution < -0.4 is 5.32 Å². The number of carbonyl (C=O) groups excluding carboxylic acids is 1. The summed E-state index contributed by atoms with van der Waals surface area (Å²) in [4.78, 5) is 22.7. The first-order valence-electron chi connectivity index (χ1n) is 5.92. The van der Waals surface area contributed by atoms with Gasteiger partial charge in [0.05, 0.1) is 16.5 Å². The van der Waals surface area contributed by atoms with Crippen LogP contribution in [0.4, 0.5) is 4.39 Å². The summed E-state index contributed by atoms with van der Waals surface area (Å²) in [7, 11) is 0. The molecule has 1 unspecified atom stereocenters. The second kappa shape index (κ2) is 7.09. The van der Waals surface area contributed by atoms with Crippen LogP contribution in [0.15, 0.2) is 18.2 Å². The number of hydrogen-bond donors (Lipinski definition) is 2. The summed E-state index contributed by atoms with van der Waals surface area (Å²) in [6.07, 6.45) is 1.13. The second-order valence-corrected chi connectivity index (χ2v) is 4.54. The zero-order chi connectivity index (χ0) is 14.4. The largest absolute Gasteiger partial charge is 0.481 e. The van der Waals surface area contributed by atoms with Crippen LogP contribution in [-0.2, 0) is 4.79 Å². The number of nitrogens with one attached hydrogen (secondary N) is 1. The molecule has 2 N–H and O–H groups in total. The predicted molar refractivity (Wildman–Crippen MR) is 69.8 cm³/mol. The van der Waals surface area contributed by atoms with Crippen LogP contribution in [0, 0.1) is 11.7 Å². The minimum Gasteiger partial charge on any atom is -0.481 e. The molecule has 0 radical (unpaired) electrons. The molecule has 0 aliphatic heterocycles. The van der Waals surface area contributed by atoms with Crippen LogP contribution >= 0.6 is 11.6 Å². The molecule has 0 saturated heterocycles. The molecule has 1 atom stereocenters. The smallest absolute Gasteiger partial charge is 0.308 e.